The van der Waals surface area contributed by atoms with Crippen molar-refractivity contribution in [1.82, 2.24) is 19.7 Å². The minimum atomic E-state index is -0.418. The first-order valence-corrected chi connectivity index (χ1v) is 9.93. The summed E-state index contributed by atoms with van der Waals surface area (Å²) in [6.07, 6.45) is 4.16. The Labute approximate surface area is 179 Å². The molecule has 0 radical (unpaired) electrons. The fourth-order valence-corrected chi connectivity index (χ4v) is 3.16. The minimum Gasteiger partial charge on any atom is -0.356 e. The van der Waals surface area contributed by atoms with Gasteiger partial charge < -0.3 is 15.5 Å². The number of amides is 2. The monoisotopic (exact) mass is 417 g/mol. The van der Waals surface area contributed by atoms with Crippen LogP contribution in [0.15, 0.2) is 48.8 Å². The molecule has 4 rings (SSSR count). The van der Waals surface area contributed by atoms with Crippen molar-refractivity contribution in [3.8, 4) is 0 Å². The standard InChI is InChI=1S/C22H23N7O2/c1-14-4-9-18(24-12-14)26-22(31)17-13-25-28(2)20(17)27-21(30)16-7-5-15(6-8-16)19(23)29-10-3-11-29/h4-9,12-13,23H,3,10-11H2,1-2H3,(H,27,30)(H,24,26,31). The van der Waals surface area contributed by atoms with Crippen molar-refractivity contribution in [2.45, 2.75) is 13.3 Å². The van der Waals surface area contributed by atoms with Gasteiger partial charge in [-0.25, -0.2) is 4.98 Å². The maximum absolute atomic E-state index is 12.8. The van der Waals surface area contributed by atoms with E-state index in [1.54, 1.807) is 43.6 Å². The van der Waals surface area contributed by atoms with E-state index in [4.69, 9.17) is 5.41 Å². The van der Waals surface area contributed by atoms with Gasteiger partial charge in [0.15, 0.2) is 0 Å². The van der Waals surface area contributed by atoms with Gasteiger partial charge in [-0.1, -0.05) is 18.2 Å². The Kier molecular flexibility index (Phi) is 5.48. The molecule has 0 unspecified atom stereocenters. The summed E-state index contributed by atoms with van der Waals surface area (Å²) in [5.41, 5.74) is 2.41. The van der Waals surface area contributed by atoms with Gasteiger partial charge in [-0.2, -0.15) is 5.10 Å². The largest absolute Gasteiger partial charge is 0.356 e. The molecule has 3 N–H and O–H groups in total. The number of likely N-dealkylation sites (tertiary alicyclic amines) is 1. The number of benzene rings is 1. The molecule has 1 fully saturated rings. The van der Waals surface area contributed by atoms with Gasteiger partial charge >= 0.3 is 0 Å². The van der Waals surface area contributed by atoms with E-state index in [0.29, 0.717) is 17.2 Å². The first-order chi connectivity index (χ1) is 14.9. The summed E-state index contributed by atoms with van der Waals surface area (Å²) < 4.78 is 1.43. The number of rotatable bonds is 5. The molecule has 9 nitrogen and oxygen atoms in total. The summed E-state index contributed by atoms with van der Waals surface area (Å²) in [5, 5.41) is 17.8. The second kappa shape index (κ2) is 8.39. The van der Waals surface area contributed by atoms with E-state index >= 15 is 0 Å². The maximum atomic E-state index is 12.8. The number of nitrogens with zero attached hydrogens (tertiary/aromatic N) is 4. The molecule has 2 amide bonds. The first-order valence-electron chi connectivity index (χ1n) is 9.93. The van der Waals surface area contributed by atoms with E-state index in [1.165, 1.54) is 10.9 Å². The third-order valence-corrected chi connectivity index (χ3v) is 5.16. The van der Waals surface area contributed by atoms with Gasteiger partial charge in [0.05, 0.1) is 6.20 Å². The molecular weight excluding hydrogens is 394 g/mol. The molecule has 3 aromatic rings. The zero-order valence-corrected chi connectivity index (χ0v) is 17.3. The summed E-state index contributed by atoms with van der Waals surface area (Å²) in [4.78, 5) is 31.6. The van der Waals surface area contributed by atoms with Crippen LogP contribution < -0.4 is 10.6 Å². The molecule has 2 aromatic heterocycles. The second-order valence-electron chi connectivity index (χ2n) is 7.43. The van der Waals surface area contributed by atoms with Gasteiger partial charge in [-0.15, -0.1) is 0 Å². The average Bonchev–Trinajstić information content (AvgIpc) is 3.09. The lowest BCUT2D eigenvalue weighted by atomic mass is 10.1. The minimum absolute atomic E-state index is 0.231. The van der Waals surface area contributed by atoms with Crippen LogP contribution in [0.5, 0.6) is 0 Å². The lowest BCUT2D eigenvalue weighted by Gasteiger charge is -2.33. The number of hydrogen-bond acceptors (Lipinski definition) is 5. The van der Waals surface area contributed by atoms with Crippen molar-refractivity contribution in [2.75, 3.05) is 23.7 Å². The Hall–Kier alpha value is -4.01. The fraction of sp³-hybridized carbons (Fsp3) is 0.227. The molecule has 0 aliphatic carbocycles. The Morgan fingerprint density at radius 2 is 1.68 bits per heavy atom. The Morgan fingerprint density at radius 3 is 2.29 bits per heavy atom. The number of hydrogen-bond donors (Lipinski definition) is 3. The van der Waals surface area contributed by atoms with Crippen molar-refractivity contribution >= 4 is 29.3 Å². The van der Waals surface area contributed by atoms with Crippen LogP contribution in [0.2, 0.25) is 0 Å². The van der Waals surface area contributed by atoms with Crippen molar-refractivity contribution in [3.05, 3.63) is 71.0 Å². The summed E-state index contributed by atoms with van der Waals surface area (Å²) >= 11 is 0. The predicted molar refractivity (Wildman–Crippen MR) is 118 cm³/mol. The number of amidine groups is 1. The van der Waals surface area contributed by atoms with Crippen LogP contribution in [0, 0.1) is 12.3 Å². The Morgan fingerprint density at radius 1 is 0.968 bits per heavy atom. The lowest BCUT2D eigenvalue weighted by Crippen LogP contribution is -2.42. The topological polar surface area (TPSA) is 116 Å². The van der Waals surface area contributed by atoms with E-state index in [-0.39, 0.29) is 17.3 Å². The molecule has 1 saturated heterocycles. The van der Waals surface area contributed by atoms with E-state index < -0.39 is 5.91 Å². The molecule has 0 saturated carbocycles. The summed E-state index contributed by atoms with van der Waals surface area (Å²) in [7, 11) is 1.65. The molecule has 158 valence electrons. The number of anilines is 2. The van der Waals surface area contributed by atoms with Gasteiger partial charge in [0, 0.05) is 37.5 Å². The molecule has 0 spiro atoms. The quantitative estimate of drug-likeness (QED) is 0.436. The number of carbonyl (C=O) groups is 2. The summed E-state index contributed by atoms with van der Waals surface area (Å²) in [6.45, 7) is 3.70. The summed E-state index contributed by atoms with van der Waals surface area (Å²) in [5.74, 6) is 0.378. The predicted octanol–water partition coefficient (Wildman–Crippen LogP) is 2.66. The zero-order chi connectivity index (χ0) is 22.0. The van der Waals surface area contributed by atoms with E-state index in [2.05, 4.69) is 20.7 Å². The average molecular weight is 417 g/mol. The van der Waals surface area contributed by atoms with Crippen LogP contribution in [-0.4, -0.2) is 50.4 Å². The van der Waals surface area contributed by atoms with E-state index in [1.807, 2.05) is 17.9 Å². The maximum Gasteiger partial charge on any atom is 0.262 e. The third-order valence-electron chi connectivity index (χ3n) is 5.16. The number of aryl methyl sites for hydroxylation is 2. The molecule has 9 heteroatoms. The zero-order valence-electron chi connectivity index (χ0n) is 17.3. The lowest BCUT2D eigenvalue weighted by molar-refractivity contribution is 0.102. The first kappa shape index (κ1) is 20.3. The highest BCUT2D eigenvalue weighted by atomic mass is 16.2. The Balaban J connectivity index is 1.47. The molecule has 31 heavy (non-hydrogen) atoms. The van der Waals surface area contributed by atoms with Gasteiger partial charge in [0.2, 0.25) is 0 Å². The van der Waals surface area contributed by atoms with Crippen LogP contribution in [0.25, 0.3) is 0 Å². The van der Waals surface area contributed by atoms with Gasteiger partial charge in [-0.05, 0) is 37.1 Å². The van der Waals surface area contributed by atoms with Crippen LogP contribution in [0.3, 0.4) is 0 Å². The van der Waals surface area contributed by atoms with Gasteiger partial charge in [-0.3, -0.25) is 19.7 Å². The highest BCUT2D eigenvalue weighted by molar-refractivity contribution is 6.11. The molecule has 0 bridgehead atoms. The molecule has 0 atom stereocenters. The normalized spacial score (nSPS) is 12.8. The molecule has 1 aromatic carbocycles. The SMILES string of the molecule is Cc1ccc(NC(=O)c2cnn(C)c2NC(=O)c2ccc(C(=N)N3CCC3)cc2)nc1. The summed E-state index contributed by atoms with van der Waals surface area (Å²) in [6, 6.07) is 10.4. The molecule has 3 heterocycles. The third kappa shape index (κ3) is 4.30. The van der Waals surface area contributed by atoms with Crippen molar-refractivity contribution in [2.24, 2.45) is 7.05 Å². The molecule has 1 aliphatic heterocycles. The van der Waals surface area contributed by atoms with E-state index in [0.717, 1.165) is 30.6 Å². The van der Waals surface area contributed by atoms with Crippen molar-refractivity contribution < 1.29 is 9.59 Å². The van der Waals surface area contributed by atoms with Gasteiger partial charge in [0.1, 0.15) is 23.0 Å². The van der Waals surface area contributed by atoms with Crippen LogP contribution in [0.1, 0.15) is 38.3 Å². The van der Waals surface area contributed by atoms with Gasteiger partial charge in [0.25, 0.3) is 11.8 Å². The highest BCUT2D eigenvalue weighted by Gasteiger charge is 2.21. The number of aromatic nitrogens is 3. The van der Waals surface area contributed by atoms with Crippen LogP contribution in [-0.2, 0) is 7.05 Å². The van der Waals surface area contributed by atoms with Crippen LogP contribution in [0.4, 0.5) is 11.6 Å². The van der Waals surface area contributed by atoms with E-state index in [9.17, 15) is 9.59 Å². The Bertz CT molecular complexity index is 1130. The van der Waals surface area contributed by atoms with Crippen LogP contribution >= 0.6 is 0 Å². The smallest absolute Gasteiger partial charge is 0.262 e. The van der Waals surface area contributed by atoms with Crippen molar-refractivity contribution in [1.29, 1.82) is 5.41 Å². The highest BCUT2D eigenvalue weighted by Crippen LogP contribution is 2.18. The number of nitrogens with one attached hydrogen (secondary N) is 3. The number of carbonyl (C=O) groups excluding carboxylic acids is 2. The van der Waals surface area contributed by atoms with Crippen molar-refractivity contribution in [3.63, 3.8) is 0 Å². The fourth-order valence-electron chi connectivity index (χ4n) is 3.16. The molecule has 1 aliphatic rings. The second-order valence-corrected chi connectivity index (χ2v) is 7.43. The molecular formula is C22H23N7O2. The number of pyridine rings is 1.